The number of rotatable bonds is 5. The molecule has 1 aliphatic rings. The number of carbonyl (C=O) groups is 2. The summed E-state index contributed by atoms with van der Waals surface area (Å²) in [7, 11) is 1.59. The molecular formula is C20H17N2O4S-. The Hall–Kier alpha value is -3.06. The number of hydrogen-bond acceptors (Lipinski definition) is 6. The van der Waals surface area contributed by atoms with Gasteiger partial charge in [0, 0.05) is 6.54 Å². The van der Waals surface area contributed by atoms with Crippen LogP contribution in [0.1, 0.15) is 22.8 Å². The second kappa shape index (κ2) is 8.09. The van der Waals surface area contributed by atoms with Crippen LogP contribution in [-0.2, 0) is 4.79 Å². The summed E-state index contributed by atoms with van der Waals surface area (Å²) in [6.45, 7) is 2.36. The number of likely N-dealkylation sites (N-methyl/N-ethyl adjacent to an activating group) is 1. The van der Waals surface area contributed by atoms with Gasteiger partial charge in [0.1, 0.15) is 5.75 Å². The third-order valence-electron chi connectivity index (χ3n) is 3.92. The van der Waals surface area contributed by atoms with Crippen molar-refractivity contribution >= 4 is 40.6 Å². The average Bonchev–Trinajstić information content (AvgIpc) is 2.96. The zero-order valence-electron chi connectivity index (χ0n) is 14.8. The van der Waals surface area contributed by atoms with Crippen molar-refractivity contribution in [3.05, 3.63) is 64.6 Å². The van der Waals surface area contributed by atoms with Gasteiger partial charge in [0.25, 0.3) is 5.91 Å². The minimum atomic E-state index is -1.24. The minimum Gasteiger partial charge on any atom is -0.545 e. The summed E-state index contributed by atoms with van der Waals surface area (Å²) in [6.07, 6.45) is 1.81. The molecule has 1 fully saturated rings. The quantitative estimate of drug-likeness (QED) is 0.744. The SMILES string of the molecule is CCN1C(=O)/C(=C\c2cccc(OC)c2)SC1=Nc1ccc(C(=O)[O-])cc1. The Morgan fingerprint density at radius 3 is 2.63 bits per heavy atom. The Bertz CT molecular complexity index is 935. The lowest BCUT2D eigenvalue weighted by Crippen LogP contribution is -2.28. The normalized spacial score (nSPS) is 17.0. The molecule has 0 saturated carbocycles. The second-order valence-corrected chi connectivity index (χ2v) is 6.67. The van der Waals surface area contributed by atoms with Crippen LogP contribution in [0.2, 0.25) is 0 Å². The van der Waals surface area contributed by atoms with Gasteiger partial charge in [0.05, 0.1) is 23.7 Å². The van der Waals surface area contributed by atoms with Crippen LogP contribution in [0.5, 0.6) is 5.75 Å². The van der Waals surface area contributed by atoms with E-state index in [-0.39, 0.29) is 11.5 Å². The predicted octanol–water partition coefficient (Wildman–Crippen LogP) is 2.68. The van der Waals surface area contributed by atoms with Crippen molar-refractivity contribution in [2.45, 2.75) is 6.92 Å². The number of ether oxygens (including phenoxy) is 1. The number of thioether (sulfide) groups is 1. The van der Waals surface area contributed by atoms with Crippen LogP contribution in [0.15, 0.2) is 58.4 Å². The number of amides is 1. The molecule has 0 aromatic heterocycles. The van der Waals surface area contributed by atoms with Gasteiger partial charge in [-0.15, -0.1) is 0 Å². The van der Waals surface area contributed by atoms with Crippen molar-refractivity contribution in [3.8, 4) is 5.75 Å². The Morgan fingerprint density at radius 2 is 2.00 bits per heavy atom. The molecule has 0 spiro atoms. The van der Waals surface area contributed by atoms with Gasteiger partial charge in [-0.05, 0) is 60.2 Å². The first-order chi connectivity index (χ1) is 13.0. The molecule has 0 atom stereocenters. The molecule has 27 heavy (non-hydrogen) atoms. The Morgan fingerprint density at radius 1 is 1.26 bits per heavy atom. The smallest absolute Gasteiger partial charge is 0.266 e. The fourth-order valence-electron chi connectivity index (χ4n) is 2.54. The number of carbonyl (C=O) groups excluding carboxylic acids is 2. The van der Waals surface area contributed by atoms with Crippen LogP contribution in [-0.4, -0.2) is 35.6 Å². The van der Waals surface area contributed by atoms with Crippen LogP contribution in [0.3, 0.4) is 0 Å². The minimum absolute atomic E-state index is 0.0834. The summed E-state index contributed by atoms with van der Waals surface area (Å²) in [5.41, 5.74) is 1.51. The van der Waals surface area contributed by atoms with Gasteiger partial charge in [-0.1, -0.05) is 24.3 Å². The fourth-order valence-corrected chi connectivity index (χ4v) is 3.60. The van der Waals surface area contributed by atoms with Crippen LogP contribution < -0.4 is 9.84 Å². The Kier molecular flexibility index (Phi) is 5.61. The highest BCUT2D eigenvalue weighted by Gasteiger charge is 2.32. The molecule has 1 aliphatic heterocycles. The Balaban J connectivity index is 1.89. The lowest BCUT2D eigenvalue weighted by atomic mass is 10.2. The fraction of sp³-hybridized carbons (Fsp3) is 0.150. The number of benzene rings is 2. The molecule has 138 valence electrons. The lowest BCUT2D eigenvalue weighted by Gasteiger charge is -2.12. The van der Waals surface area contributed by atoms with E-state index >= 15 is 0 Å². The van der Waals surface area contributed by atoms with Crippen molar-refractivity contribution in [2.75, 3.05) is 13.7 Å². The highest BCUT2D eigenvalue weighted by molar-refractivity contribution is 8.18. The third-order valence-corrected chi connectivity index (χ3v) is 4.93. The van der Waals surface area contributed by atoms with E-state index in [0.29, 0.717) is 28.1 Å². The predicted molar refractivity (Wildman–Crippen MR) is 104 cm³/mol. The van der Waals surface area contributed by atoms with Gasteiger partial charge in [0.2, 0.25) is 0 Å². The molecular weight excluding hydrogens is 364 g/mol. The number of aliphatic imine (C=N–C) groups is 1. The molecule has 1 amide bonds. The van der Waals surface area contributed by atoms with E-state index in [9.17, 15) is 14.7 Å². The van der Waals surface area contributed by atoms with E-state index in [1.165, 1.54) is 23.9 Å². The van der Waals surface area contributed by atoms with E-state index in [4.69, 9.17) is 4.74 Å². The first-order valence-electron chi connectivity index (χ1n) is 8.27. The number of carboxylic acid groups (broad SMARTS) is 1. The summed E-state index contributed by atoms with van der Waals surface area (Å²) >= 11 is 1.28. The summed E-state index contributed by atoms with van der Waals surface area (Å²) in [5, 5.41) is 11.4. The highest BCUT2D eigenvalue weighted by Crippen LogP contribution is 2.34. The van der Waals surface area contributed by atoms with Crippen molar-refractivity contribution < 1.29 is 19.4 Å². The standard InChI is InChI=1S/C20H18N2O4S/c1-3-22-18(23)17(12-13-5-4-6-16(11-13)26-2)27-20(22)21-15-9-7-14(8-10-15)19(24)25/h4-12H,3H2,1-2H3,(H,24,25)/p-1/b17-12+,21-20?. The van der Waals surface area contributed by atoms with Crippen molar-refractivity contribution in [1.82, 2.24) is 4.90 Å². The summed E-state index contributed by atoms with van der Waals surface area (Å²) in [5.74, 6) is -0.636. The summed E-state index contributed by atoms with van der Waals surface area (Å²) in [4.78, 5) is 30.2. The van der Waals surface area contributed by atoms with E-state index in [1.54, 1.807) is 30.2 Å². The lowest BCUT2D eigenvalue weighted by molar-refractivity contribution is -0.255. The monoisotopic (exact) mass is 381 g/mol. The number of amidine groups is 1. The van der Waals surface area contributed by atoms with Crippen LogP contribution >= 0.6 is 11.8 Å². The summed E-state index contributed by atoms with van der Waals surface area (Å²) in [6, 6.07) is 13.5. The largest absolute Gasteiger partial charge is 0.545 e. The summed E-state index contributed by atoms with van der Waals surface area (Å²) < 4.78 is 5.21. The van der Waals surface area contributed by atoms with Gasteiger partial charge in [-0.3, -0.25) is 9.69 Å². The topological polar surface area (TPSA) is 82.0 Å². The molecule has 2 aromatic carbocycles. The third kappa shape index (κ3) is 4.20. The Labute approximate surface area is 161 Å². The van der Waals surface area contributed by atoms with Crippen molar-refractivity contribution in [3.63, 3.8) is 0 Å². The molecule has 7 heteroatoms. The van der Waals surface area contributed by atoms with Crippen molar-refractivity contribution in [1.29, 1.82) is 0 Å². The van der Waals surface area contributed by atoms with E-state index in [0.717, 1.165) is 5.56 Å². The van der Waals surface area contributed by atoms with E-state index < -0.39 is 5.97 Å². The molecule has 3 rings (SSSR count). The van der Waals surface area contributed by atoms with Gasteiger partial charge in [-0.25, -0.2) is 4.99 Å². The molecule has 0 bridgehead atoms. The van der Waals surface area contributed by atoms with Crippen LogP contribution in [0.4, 0.5) is 5.69 Å². The number of hydrogen-bond donors (Lipinski definition) is 0. The maximum Gasteiger partial charge on any atom is 0.266 e. The van der Waals surface area contributed by atoms with E-state index in [2.05, 4.69) is 4.99 Å². The van der Waals surface area contributed by atoms with Gasteiger partial charge >= 0.3 is 0 Å². The molecule has 2 aromatic rings. The number of aromatic carboxylic acids is 1. The molecule has 0 aliphatic carbocycles. The number of nitrogens with zero attached hydrogens (tertiary/aromatic N) is 2. The van der Waals surface area contributed by atoms with Gasteiger partial charge in [-0.2, -0.15) is 0 Å². The molecule has 0 unspecified atom stereocenters. The molecule has 0 radical (unpaired) electrons. The molecule has 1 saturated heterocycles. The number of methoxy groups -OCH3 is 1. The van der Waals surface area contributed by atoms with Crippen molar-refractivity contribution in [2.24, 2.45) is 4.99 Å². The number of carboxylic acids is 1. The molecule has 1 heterocycles. The molecule has 0 N–H and O–H groups in total. The highest BCUT2D eigenvalue weighted by atomic mass is 32.2. The van der Waals surface area contributed by atoms with Crippen LogP contribution in [0, 0.1) is 0 Å². The zero-order chi connectivity index (χ0) is 19.4. The maximum atomic E-state index is 12.7. The molecule has 6 nitrogen and oxygen atoms in total. The average molecular weight is 381 g/mol. The van der Waals surface area contributed by atoms with Crippen LogP contribution in [0.25, 0.3) is 6.08 Å². The van der Waals surface area contributed by atoms with Gasteiger partial charge in [0.15, 0.2) is 5.17 Å². The second-order valence-electron chi connectivity index (χ2n) is 5.67. The van der Waals surface area contributed by atoms with Gasteiger partial charge < -0.3 is 14.6 Å². The first-order valence-corrected chi connectivity index (χ1v) is 9.09. The maximum absolute atomic E-state index is 12.7. The first kappa shape index (κ1) is 18.7. The zero-order valence-corrected chi connectivity index (χ0v) is 15.7. The van der Waals surface area contributed by atoms with E-state index in [1.807, 2.05) is 31.2 Å².